The monoisotopic (exact) mass is 376 g/mol. The molecule has 0 atom stereocenters. The van der Waals surface area contributed by atoms with E-state index in [0.29, 0.717) is 13.0 Å². The second kappa shape index (κ2) is 8.82. The summed E-state index contributed by atoms with van der Waals surface area (Å²) in [6.45, 7) is 2.16. The Bertz CT molecular complexity index is 851. The number of carbonyl (C=O) groups excluding carboxylic acids is 1. The van der Waals surface area contributed by atoms with Gasteiger partial charge in [0.25, 0.3) is 0 Å². The lowest BCUT2D eigenvalue weighted by atomic mass is 10.1. The predicted molar refractivity (Wildman–Crippen MR) is 101 cm³/mol. The van der Waals surface area contributed by atoms with E-state index in [0.717, 1.165) is 21.2 Å². The van der Waals surface area contributed by atoms with Gasteiger partial charge >= 0.3 is 0 Å². The second-order valence-electron chi connectivity index (χ2n) is 5.99. The van der Waals surface area contributed by atoms with Crippen molar-refractivity contribution in [3.8, 4) is 5.75 Å². The smallest absolute Gasteiger partial charge is 0.243 e. The third-order valence-corrected chi connectivity index (χ3v) is 5.79. The molecule has 1 amide bonds. The third kappa shape index (κ3) is 5.06. The van der Waals surface area contributed by atoms with Crippen LogP contribution >= 0.6 is 0 Å². The van der Waals surface area contributed by atoms with Gasteiger partial charge in [-0.1, -0.05) is 35.9 Å². The van der Waals surface area contributed by atoms with Gasteiger partial charge < -0.3 is 10.1 Å². The van der Waals surface area contributed by atoms with Crippen LogP contribution in [-0.4, -0.2) is 45.9 Å². The van der Waals surface area contributed by atoms with Crippen molar-refractivity contribution in [3.05, 3.63) is 59.7 Å². The molecular weight excluding hydrogens is 352 g/mol. The number of benzene rings is 2. The summed E-state index contributed by atoms with van der Waals surface area (Å²) in [4.78, 5) is 12.3. The first kappa shape index (κ1) is 19.9. The lowest BCUT2D eigenvalue weighted by Crippen LogP contribution is -2.39. The zero-order valence-corrected chi connectivity index (χ0v) is 16.0. The van der Waals surface area contributed by atoms with Gasteiger partial charge in [0.15, 0.2) is 0 Å². The standard InChI is InChI=1S/C19H24N2O4S/c1-15-9-10-18(25-3)16(13-15)11-12-20-19(22)14-21(2)26(23,24)17-7-5-4-6-8-17/h4-10,13H,11-12,14H2,1-3H3,(H,20,22). The zero-order valence-electron chi connectivity index (χ0n) is 15.2. The molecule has 0 unspecified atom stereocenters. The van der Waals surface area contributed by atoms with Crippen LogP contribution in [0.1, 0.15) is 11.1 Å². The minimum Gasteiger partial charge on any atom is -0.496 e. The van der Waals surface area contributed by atoms with E-state index in [9.17, 15) is 13.2 Å². The van der Waals surface area contributed by atoms with Crippen molar-refractivity contribution in [1.82, 2.24) is 9.62 Å². The number of nitrogens with one attached hydrogen (secondary N) is 1. The van der Waals surface area contributed by atoms with Crippen LogP contribution in [0, 0.1) is 6.92 Å². The van der Waals surface area contributed by atoms with E-state index in [2.05, 4.69) is 5.32 Å². The number of rotatable bonds is 8. The van der Waals surface area contributed by atoms with Crippen LogP contribution in [-0.2, 0) is 21.2 Å². The fourth-order valence-corrected chi connectivity index (χ4v) is 3.70. The summed E-state index contributed by atoms with van der Waals surface area (Å²) in [6, 6.07) is 13.9. The molecule has 0 aliphatic heterocycles. The number of sulfonamides is 1. The first-order valence-electron chi connectivity index (χ1n) is 8.26. The number of carbonyl (C=O) groups is 1. The molecule has 0 fully saturated rings. The van der Waals surface area contributed by atoms with Crippen molar-refractivity contribution < 1.29 is 17.9 Å². The van der Waals surface area contributed by atoms with Gasteiger partial charge in [0.2, 0.25) is 15.9 Å². The summed E-state index contributed by atoms with van der Waals surface area (Å²) in [5, 5.41) is 2.76. The van der Waals surface area contributed by atoms with Crippen LogP contribution in [0.5, 0.6) is 5.75 Å². The van der Waals surface area contributed by atoms with Crippen LogP contribution in [0.15, 0.2) is 53.4 Å². The third-order valence-electron chi connectivity index (χ3n) is 3.97. The number of amides is 1. The lowest BCUT2D eigenvalue weighted by molar-refractivity contribution is -0.121. The first-order valence-corrected chi connectivity index (χ1v) is 9.70. The topological polar surface area (TPSA) is 75.7 Å². The Morgan fingerprint density at radius 1 is 1.15 bits per heavy atom. The van der Waals surface area contributed by atoms with Crippen LogP contribution in [0.3, 0.4) is 0 Å². The fraction of sp³-hybridized carbons (Fsp3) is 0.316. The Morgan fingerprint density at radius 3 is 2.50 bits per heavy atom. The number of methoxy groups -OCH3 is 1. The summed E-state index contributed by atoms with van der Waals surface area (Å²) in [5.41, 5.74) is 2.11. The number of likely N-dealkylation sites (N-methyl/N-ethyl adjacent to an activating group) is 1. The van der Waals surface area contributed by atoms with Crippen molar-refractivity contribution in [2.75, 3.05) is 27.2 Å². The van der Waals surface area contributed by atoms with Gasteiger partial charge in [0.1, 0.15) is 5.75 Å². The molecule has 26 heavy (non-hydrogen) atoms. The molecule has 2 aromatic rings. The van der Waals surface area contributed by atoms with Gasteiger partial charge in [-0.2, -0.15) is 4.31 Å². The highest BCUT2D eigenvalue weighted by Gasteiger charge is 2.22. The minimum atomic E-state index is -3.68. The highest BCUT2D eigenvalue weighted by atomic mass is 32.2. The van der Waals surface area contributed by atoms with E-state index >= 15 is 0 Å². The quantitative estimate of drug-likeness (QED) is 0.764. The van der Waals surface area contributed by atoms with E-state index in [1.54, 1.807) is 25.3 Å². The zero-order chi connectivity index (χ0) is 19.2. The fourth-order valence-electron chi connectivity index (χ4n) is 2.55. The van der Waals surface area contributed by atoms with Gasteiger partial charge in [0.05, 0.1) is 18.6 Å². The Hall–Kier alpha value is -2.38. The molecule has 6 nitrogen and oxygen atoms in total. The summed E-state index contributed by atoms with van der Waals surface area (Å²) in [6.07, 6.45) is 0.603. The van der Waals surface area contributed by atoms with Gasteiger partial charge in [-0.05, 0) is 37.1 Å². The number of nitrogens with zero attached hydrogens (tertiary/aromatic N) is 1. The SMILES string of the molecule is COc1ccc(C)cc1CCNC(=O)CN(C)S(=O)(=O)c1ccccc1. The molecule has 2 rings (SSSR count). The van der Waals surface area contributed by atoms with E-state index < -0.39 is 10.0 Å². The van der Waals surface area contributed by atoms with Crippen molar-refractivity contribution in [2.45, 2.75) is 18.2 Å². The largest absolute Gasteiger partial charge is 0.496 e. The molecule has 7 heteroatoms. The van der Waals surface area contributed by atoms with Gasteiger partial charge in [0, 0.05) is 13.6 Å². The van der Waals surface area contributed by atoms with Crippen molar-refractivity contribution in [1.29, 1.82) is 0 Å². The van der Waals surface area contributed by atoms with Crippen LogP contribution in [0.2, 0.25) is 0 Å². The number of hydrogen-bond acceptors (Lipinski definition) is 4. The normalized spacial score (nSPS) is 11.4. The molecule has 2 aromatic carbocycles. The van der Waals surface area contributed by atoms with Gasteiger partial charge in [-0.3, -0.25) is 4.79 Å². The van der Waals surface area contributed by atoms with Gasteiger partial charge in [-0.15, -0.1) is 0 Å². The predicted octanol–water partition coefficient (Wildman–Crippen LogP) is 1.98. The Labute approximate surface area is 154 Å². The maximum absolute atomic E-state index is 12.4. The van der Waals surface area contributed by atoms with Crippen molar-refractivity contribution >= 4 is 15.9 Å². The van der Waals surface area contributed by atoms with Crippen molar-refractivity contribution in [2.24, 2.45) is 0 Å². The lowest BCUT2D eigenvalue weighted by Gasteiger charge is -2.17. The number of hydrogen-bond donors (Lipinski definition) is 1. The molecule has 0 aliphatic carbocycles. The minimum absolute atomic E-state index is 0.166. The Morgan fingerprint density at radius 2 is 1.85 bits per heavy atom. The van der Waals surface area contributed by atoms with E-state index in [4.69, 9.17) is 4.74 Å². The van der Waals surface area contributed by atoms with E-state index in [1.165, 1.54) is 19.2 Å². The molecule has 0 aromatic heterocycles. The molecule has 0 saturated heterocycles. The highest BCUT2D eigenvalue weighted by Crippen LogP contribution is 2.19. The van der Waals surface area contributed by atoms with Crippen molar-refractivity contribution in [3.63, 3.8) is 0 Å². The van der Waals surface area contributed by atoms with Crippen LogP contribution < -0.4 is 10.1 Å². The molecule has 0 radical (unpaired) electrons. The Balaban J connectivity index is 1.90. The molecule has 0 bridgehead atoms. The van der Waals surface area contributed by atoms with E-state index in [1.807, 2.05) is 25.1 Å². The van der Waals surface area contributed by atoms with Crippen LogP contribution in [0.25, 0.3) is 0 Å². The Kier molecular flexibility index (Phi) is 6.76. The maximum Gasteiger partial charge on any atom is 0.243 e. The van der Waals surface area contributed by atoms with Gasteiger partial charge in [-0.25, -0.2) is 8.42 Å². The molecule has 140 valence electrons. The maximum atomic E-state index is 12.4. The molecule has 0 aliphatic rings. The molecule has 1 N–H and O–H groups in total. The molecule has 0 heterocycles. The summed E-state index contributed by atoms with van der Waals surface area (Å²) in [5.74, 6) is 0.423. The first-order chi connectivity index (χ1) is 12.3. The molecule has 0 saturated carbocycles. The summed E-state index contributed by atoms with van der Waals surface area (Å²) in [7, 11) is -0.673. The number of ether oxygens (including phenoxy) is 1. The number of aryl methyl sites for hydroxylation is 1. The molecule has 0 spiro atoms. The highest BCUT2D eigenvalue weighted by molar-refractivity contribution is 7.89. The average molecular weight is 376 g/mol. The average Bonchev–Trinajstić information content (AvgIpc) is 2.62. The van der Waals surface area contributed by atoms with Crippen LogP contribution in [0.4, 0.5) is 0 Å². The summed E-state index contributed by atoms with van der Waals surface area (Å²) < 4.78 is 31.2. The molecular formula is C19H24N2O4S. The second-order valence-corrected chi connectivity index (χ2v) is 8.03. The summed E-state index contributed by atoms with van der Waals surface area (Å²) >= 11 is 0. The van der Waals surface area contributed by atoms with E-state index in [-0.39, 0.29) is 17.3 Å².